The van der Waals surface area contributed by atoms with Crippen LogP contribution in [0.25, 0.3) is 0 Å². The Hall–Kier alpha value is -0.380. The summed E-state index contributed by atoms with van der Waals surface area (Å²) in [6.45, 7) is 0.544. The second-order valence-electron chi connectivity index (χ2n) is 2.25. The van der Waals surface area contributed by atoms with Crippen molar-refractivity contribution in [2.45, 2.75) is 13.2 Å². The molecule has 2 nitrogen and oxygen atoms in total. The molecule has 0 heterocycles. The van der Waals surface area contributed by atoms with Gasteiger partial charge in [0.1, 0.15) is 0 Å². The van der Waals surface area contributed by atoms with Crippen molar-refractivity contribution in [1.29, 1.82) is 0 Å². The van der Waals surface area contributed by atoms with E-state index in [0.717, 1.165) is 15.6 Å². The zero-order valence-electron chi connectivity index (χ0n) is 6.05. The van der Waals surface area contributed by atoms with Crippen LogP contribution in [0.2, 0.25) is 0 Å². The maximum atomic E-state index is 8.87. The van der Waals surface area contributed by atoms with Gasteiger partial charge in [-0.15, -0.1) is 0 Å². The zero-order chi connectivity index (χ0) is 8.27. The average molecular weight is 216 g/mol. The second kappa shape index (κ2) is 3.85. The molecule has 0 fully saturated rings. The van der Waals surface area contributed by atoms with Crippen molar-refractivity contribution in [1.82, 2.24) is 0 Å². The third-order valence-electron chi connectivity index (χ3n) is 1.55. The lowest BCUT2D eigenvalue weighted by molar-refractivity contribution is 0.281. The predicted octanol–water partition coefficient (Wildman–Crippen LogP) is 1.40. The Kier molecular flexibility index (Phi) is 3.05. The topological polar surface area (TPSA) is 46.2 Å². The number of aliphatic hydroxyl groups is 1. The molecule has 0 radical (unpaired) electrons. The number of rotatable bonds is 2. The van der Waals surface area contributed by atoms with E-state index in [9.17, 15) is 0 Å². The summed E-state index contributed by atoms with van der Waals surface area (Å²) < 4.78 is 0.921. The van der Waals surface area contributed by atoms with Gasteiger partial charge in [-0.2, -0.15) is 0 Å². The van der Waals surface area contributed by atoms with Gasteiger partial charge in [0.25, 0.3) is 0 Å². The van der Waals surface area contributed by atoms with Crippen LogP contribution >= 0.6 is 15.9 Å². The molecule has 0 bridgehead atoms. The lowest BCUT2D eigenvalue weighted by Gasteiger charge is -2.04. The van der Waals surface area contributed by atoms with E-state index < -0.39 is 0 Å². The fourth-order valence-electron chi connectivity index (χ4n) is 0.913. The molecule has 0 saturated carbocycles. The van der Waals surface area contributed by atoms with Crippen LogP contribution in [-0.4, -0.2) is 5.11 Å². The van der Waals surface area contributed by atoms with Crippen LogP contribution in [0.5, 0.6) is 0 Å². The molecule has 0 aliphatic rings. The summed E-state index contributed by atoms with van der Waals surface area (Å²) in [6.07, 6.45) is 0. The Morgan fingerprint density at radius 1 is 1.36 bits per heavy atom. The zero-order valence-corrected chi connectivity index (χ0v) is 7.63. The van der Waals surface area contributed by atoms with E-state index in [4.69, 9.17) is 10.8 Å². The molecule has 1 aromatic carbocycles. The molecule has 3 N–H and O–H groups in total. The molecular formula is C8H10BrNO. The van der Waals surface area contributed by atoms with Gasteiger partial charge in [0, 0.05) is 11.0 Å². The summed E-state index contributed by atoms with van der Waals surface area (Å²) in [6, 6.07) is 5.69. The first-order valence-corrected chi connectivity index (χ1v) is 4.16. The summed E-state index contributed by atoms with van der Waals surface area (Å²) in [7, 11) is 0. The minimum Gasteiger partial charge on any atom is -0.392 e. The van der Waals surface area contributed by atoms with Gasteiger partial charge >= 0.3 is 0 Å². The number of benzene rings is 1. The average Bonchev–Trinajstić information content (AvgIpc) is 2.05. The molecule has 0 unspecified atom stereocenters. The van der Waals surface area contributed by atoms with E-state index in [-0.39, 0.29) is 6.61 Å². The van der Waals surface area contributed by atoms with Gasteiger partial charge in [-0.05, 0) is 11.1 Å². The third-order valence-corrected chi connectivity index (χ3v) is 2.57. The summed E-state index contributed by atoms with van der Waals surface area (Å²) in [5, 5.41) is 8.87. The Balaban J connectivity index is 3.10. The standard InChI is InChI=1S/C8H10BrNO/c9-8-6(4-10)2-1-3-7(8)5-11/h1-3,11H,4-5,10H2. The molecule has 0 aliphatic heterocycles. The van der Waals surface area contributed by atoms with Crippen molar-refractivity contribution in [3.05, 3.63) is 33.8 Å². The second-order valence-corrected chi connectivity index (χ2v) is 3.05. The molecule has 1 rings (SSSR count). The maximum Gasteiger partial charge on any atom is 0.0692 e. The minimum atomic E-state index is 0.0500. The molecule has 3 heteroatoms. The van der Waals surface area contributed by atoms with Crippen molar-refractivity contribution in [3.8, 4) is 0 Å². The van der Waals surface area contributed by atoms with Gasteiger partial charge in [-0.1, -0.05) is 34.1 Å². The number of hydrogen-bond acceptors (Lipinski definition) is 2. The summed E-state index contributed by atoms with van der Waals surface area (Å²) >= 11 is 3.36. The quantitative estimate of drug-likeness (QED) is 0.784. The van der Waals surface area contributed by atoms with E-state index in [1.54, 1.807) is 0 Å². The van der Waals surface area contributed by atoms with Crippen molar-refractivity contribution in [2.24, 2.45) is 5.73 Å². The molecular weight excluding hydrogens is 206 g/mol. The van der Waals surface area contributed by atoms with E-state index in [1.165, 1.54) is 0 Å². The normalized spacial score (nSPS) is 10.1. The predicted molar refractivity (Wildman–Crippen MR) is 48.0 cm³/mol. The largest absolute Gasteiger partial charge is 0.392 e. The molecule has 0 atom stereocenters. The molecule has 0 amide bonds. The lowest BCUT2D eigenvalue weighted by Crippen LogP contribution is -1.99. The van der Waals surface area contributed by atoms with Gasteiger partial charge in [-0.3, -0.25) is 0 Å². The molecule has 0 aliphatic carbocycles. The van der Waals surface area contributed by atoms with Crippen LogP contribution < -0.4 is 5.73 Å². The molecule has 0 spiro atoms. The molecule has 0 saturated heterocycles. The monoisotopic (exact) mass is 215 g/mol. The fourth-order valence-corrected chi connectivity index (χ4v) is 1.46. The number of hydrogen-bond donors (Lipinski definition) is 2. The van der Waals surface area contributed by atoms with E-state index in [0.29, 0.717) is 6.54 Å². The molecule has 0 aromatic heterocycles. The van der Waals surface area contributed by atoms with Crippen molar-refractivity contribution in [3.63, 3.8) is 0 Å². The van der Waals surface area contributed by atoms with Crippen LogP contribution in [0.1, 0.15) is 11.1 Å². The highest BCUT2D eigenvalue weighted by molar-refractivity contribution is 9.10. The highest BCUT2D eigenvalue weighted by Gasteiger charge is 2.01. The van der Waals surface area contributed by atoms with Crippen molar-refractivity contribution >= 4 is 15.9 Å². The van der Waals surface area contributed by atoms with Gasteiger partial charge in [-0.25, -0.2) is 0 Å². The molecule has 1 aromatic rings. The smallest absolute Gasteiger partial charge is 0.0692 e. The van der Waals surface area contributed by atoms with Crippen molar-refractivity contribution < 1.29 is 5.11 Å². The first kappa shape index (κ1) is 8.71. The van der Waals surface area contributed by atoms with Crippen molar-refractivity contribution in [2.75, 3.05) is 0 Å². The van der Waals surface area contributed by atoms with Gasteiger partial charge in [0.05, 0.1) is 6.61 Å². The SMILES string of the molecule is NCc1cccc(CO)c1Br. The maximum absolute atomic E-state index is 8.87. The highest BCUT2D eigenvalue weighted by atomic mass is 79.9. The summed E-state index contributed by atoms with van der Waals surface area (Å²) in [5.41, 5.74) is 7.37. The van der Waals surface area contributed by atoms with Gasteiger partial charge < -0.3 is 10.8 Å². The van der Waals surface area contributed by atoms with Crippen LogP contribution in [0, 0.1) is 0 Å². The first-order chi connectivity index (χ1) is 5.29. The Morgan fingerprint density at radius 2 is 2.00 bits per heavy atom. The first-order valence-electron chi connectivity index (χ1n) is 3.36. The van der Waals surface area contributed by atoms with Crippen LogP contribution in [0.15, 0.2) is 22.7 Å². The van der Waals surface area contributed by atoms with Gasteiger partial charge in [0.15, 0.2) is 0 Å². The summed E-state index contributed by atoms with van der Waals surface area (Å²) in [4.78, 5) is 0. The lowest BCUT2D eigenvalue weighted by atomic mass is 10.1. The number of halogens is 1. The summed E-state index contributed by atoms with van der Waals surface area (Å²) in [5.74, 6) is 0. The molecule has 60 valence electrons. The fraction of sp³-hybridized carbons (Fsp3) is 0.250. The number of aliphatic hydroxyl groups excluding tert-OH is 1. The Labute approximate surface area is 74.2 Å². The minimum absolute atomic E-state index is 0.0500. The van der Waals surface area contributed by atoms with Crippen LogP contribution in [0.4, 0.5) is 0 Å². The highest BCUT2D eigenvalue weighted by Crippen LogP contribution is 2.21. The third kappa shape index (κ3) is 1.80. The van der Waals surface area contributed by atoms with E-state index in [1.807, 2.05) is 18.2 Å². The number of nitrogens with two attached hydrogens (primary N) is 1. The van der Waals surface area contributed by atoms with Gasteiger partial charge in [0.2, 0.25) is 0 Å². The van der Waals surface area contributed by atoms with E-state index in [2.05, 4.69) is 15.9 Å². The Bertz CT molecular complexity index is 228. The van der Waals surface area contributed by atoms with Crippen LogP contribution in [0.3, 0.4) is 0 Å². The molecule has 11 heavy (non-hydrogen) atoms. The Morgan fingerprint density at radius 3 is 2.55 bits per heavy atom. The van der Waals surface area contributed by atoms with E-state index >= 15 is 0 Å². The van der Waals surface area contributed by atoms with Crippen LogP contribution in [-0.2, 0) is 13.2 Å².